The molecule has 6 nitrogen and oxygen atoms in total. The highest BCUT2D eigenvalue weighted by molar-refractivity contribution is 7.53. The molecule has 2 rings (SSSR count). The zero-order chi connectivity index (χ0) is 16.9. The lowest BCUT2D eigenvalue weighted by molar-refractivity contribution is 0.0601. The molecule has 23 heavy (non-hydrogen) atoms. The highest BCUT2D eigenvalue weighted by Gasteiger charge is 2.24. The van der Waals surface area contributed by atoms with Crippen molar-refractivity contribution in [3.05, 3.63) is 41.6 Å². The number of aromatic nitrogens is 1. The molecule has 0 radical (unpaired) electrons. The van der Waals surface area contributed by atoms with Crippen molar-refractivity contribution in [2.75, 3.05) is 20.3 Å². The van der Waals surface area contributed by atoms with Crippen LogP contribution in [-0.4, -0.2) is 31.3 Å². The fraction of sp³-hybridized carbons (Fsp3) is 0.375. The number of pyridine rings is 1. The number of fused-ring (bicyclic) bond motifs is 1. The van der Waals surface area contributed by atoms with Gasteiger partial charge < -0.3 is 13.8 Å². The maximum Gasteiger partial charge on any atom is 0.337 e. The second kappa shape index (κ2) is 7.68. The van der Waals surface area contributed by atoms with E-state index in [1.807, 2.05) is 6.07 Å². The number of rotatable bonds is 7. The van der Waals surface area contributed by atoms with Crippen LogP contribution in [0, 0.1) is 0 Å². The lowest BCUT2D eigenvalue weighted by Gasteiger charge is -2.17. The number of esters is 1. The van der Waals surface area contributed by atoms with E-state index in [0.29, 0.717) is 18.8 Å². The standard InChI is InChI=1S/C16H20NO5P/c1-4-21-23(19,22-5-2)11-12-8-14-9-13(16(18)20-3)6-7-15(14)17-10-12/h6-10H,4-5,11H2,1-3H3. The van der Waals surface area contributed by atoms with Gasteiger partial charge in [-0.3, -0.25) is 9.55 Å². The first kappa shape index (κ1) is 17.6. The third-order valence-electron chi connectivity index (χ3n) is 3.19. The molecule has 0 N–H and O–H groups in total. The third kappa shape index (κ3) is 4.38. The van der Waals surface area contributed by atoms with E-state index < -0.39 is 13.6 Å². The van der Waals surface area contributed by atoms with Gasteiger partial charge in [0.05, 0.1) is 37.6 Å². The van der Waals surface area contributed by atoms with Crippen LogP contribution < -0.4 is 0 Å². The molecule has 124 valence electrons. The molecule has 0 fully saturated rings. The summed E-state index contributed by atoms with van der Waals surface area (Å²) in [7, 11) is -1.85. The first-order valence-electron chi connectivity index (χ1n) is 7.36. The Morgan fingerprint density at radius 1 is 1.17 bits per heavy atom. The fourth-order valence-corrected chi connectivity index (χ4v) is 3.92. The summed E-state index contributed by atoms with van der Waals surface area (Å²) in [6, 6.07) is 6.94. The Hall–Kier alpha value is -1.75. The van der Waals surface area contributed by atoms with Crippen molar-refractivity contribution in [2.45, 2.75) is 20.0 Å². The molecule has 0 aliphatic carbocycles. The summed E-state index contributed by atoms with van der Waals surface area (Å²) in [6.45, 7) is 4.16. The number of methoxy groups -OCH3 is 1. The van der Waals surface area contributed by atoms with Crippen LogP contribution in [0.15, 0.2) is 30.5 Å². The SMILES string of the molecule is CCOP(=O)(Cc1cnc2ccc(C(=O)OC)cc2c1)OCC. The summed E-state index contributed by atoms with van der Waals surface area (Å²) in [5.41, 5.74) is 1.91. The second-order valence-electron chi connectivity index (χ2n) is 4.85. The Balaban J connectivity index is 2.34. The van der Waals surface area contributed by atoms with Gasteiger partial charge in [-0.1, -0.05) is 0 Å². The Morgan fingerprint density at radius 3 is 2.48 bits per heavy atom. The molecule has 0 saturated carbocycles. The van der Waals surface area contributed by atoms with Crippen LogP contribution in [0.25, 0.3) is 10.9 Å². The van der Waals surface area contributed by atoms with Gasteiger partial charge in [0, 0.05) is 11.6 Å². The zero-order valence-corrected chi connectivity index (χ0v) is 14.3. The molecule has 0 unspecified atom stereocenters. The number of hydrogen-bond acceptors (Lipinski definition) is 6. The minimum absolute atomic E-state index is 0.139. The van der Waals surface area contributed by atoms with Crippen molar-refractivity contribution >= 4 is 24.5 Å². The van der Waals surface area contributed by atoms with E-state index in [1.165, 1.54) is 7.11 Å². The highest BCUT2D eigenvalue weighted by Crippen LogP contribution is 2.51. The molecule has 0 saturated heterocycles. The van der Waals surface area contributed by atoms with E-state index in [0.717, 1.165) is 16.5 Å². The van der Waals surface area contributed by atoms with Crippen LogP contribution >= 0.6 is 7.60 Å². The van der Waals surface area contributed by atoms with E-state index in [2.05, 4.69) is 4.98 Å². The molecule has 1 aromatic heterocycles. The van der Waals surface area contributed by atoms with E-state index in [1.54, 1.807) is 38.2 Å². The maximum absolute atomic E-state index is 12.6. The third-order valence-corrected chi connectivity index (χ3v) is 5.24. The Labute approximate surface area is 135 Å². The molecule has 0 aliphatic heterocycles. The van der Waals surface area contributed by atoms with Gasteiger partial charge in [0.2, 0.25) is 0 Å². The molecule has 7 heteroatoms. The van der Waals surface area contributed by atoms with Crippen molar-refractivity contribution in [1.82, 2.24) is 4.98 Å². The predicted molar refractivity (Wildman–Crippen MR) is 87.6 cm³/mol. The van der Waals surface area contributed by atoms with Crippen molar-refractivity contribution in [2.24, 2.45) is 0 Å². The summed E-state index contributed by atoms with van der Waals surface area (Å²) in [4.78, 5) is 15.9. The minimum atomic E-state index is -3.19. The average molecular weight is 337 g/mol. The molecule has 0 aliphatic rings. The average Bonchev–Trinajstić information content (AvgIpc) is 2.53. The van der Waals surface area contributed by atoms with Gasteiger partial charge in [-0.05, 0) is 43.7 Å². The summed E-state index contributed by atoms with van der Waals surface area (Å²) < 4.78 is 27.9. The van der Waals surface area contributed by atoms with Crippen LogP contribution in [0.2, 0.25) is 0 Å². The Morgan fingerprint density at radius 2 is 1.87 bits per heavy atom. The summed E-state index contributed by atoms with van der Waals surface area (Å²) in [6.07, 6.45) is 1.78. The number of hydrogen-bond donors (Lipinski definition) is 0. The van der Waals surface area contributed by atoms with Gasteiger partial charge >= 0.3 is 13.6 Å². The molecule has 0 amide bonds. The largest absolute Gasteiger partial charge is 0.465 e. The maximum atomic E-state index is 12.6. The van der Waals surface area contributed by atoms with E-state index in [-0.39, 0.29) is 6.16 Å². The molecular formula is C16H20NO5P. The van der Waals surface area contributed by atoms with Gasteiger partial charge in [0.15, 0.2) is 0 Å². The monoisotopic (exact) mass is 337 g/mol. The highest BCUT2D eigenvalue weighted by atomic mass is 31.2. The molecule has 0 spiro atoms. The van der Waals surface area contributed by atoms with Gasteiger partial charge in [-0.2, -0.15) is 0 Å². The number of nitrogens with zero attached hydrogens (tertiary/aromatic N) is 1. The van der Waals surface area contributed by atoms with Crippen molar-refractivity contribution in [1.29, 1.82) is 0 Å². The van der Waals surface area contributed by atoms with Crippen LogP contribution in [-0.2, 0) is 24.5 Å². The molecular weight excluding hydrogens is 317 g/mol. The van der Waals surface area contributed by atoms with Gasteiger partial charge in [-0.25, -0.2) is 4.79 Å². The smallest absolute Gasteiger partial charge is 0.337 e. The quantitative estimate of drug-likeness (QED) is 0.565. The summed E-state index contributed by atoms with van der Waals surface area (Å²) in [5, 5.41) is 0.768. The van der Waals surface area contributed by atoms with Gasteiger partial charge in [0.25, 0.3) is 0 Å². The lowest BCUT2D eigenvalue weighted by atomic mass is 10.1. The predicted octanol–water partition coefficient (Wildman–Crippen LogP) is 3.79. The van der Waals surface area contributed by atoms with Crippen LogP contribution in [0.4, 0.5) is 0 Å². The lowest BCUT2D eigenvalue weighted by Crippen LogP contribution is -2.01. The van der Waals surface area contributed by atoms with Crippen molar-refractivity contribution in [3.63, 3.8) is 0 Å². The zero-order valence-electron chi connectivity index (χ0n) is 13.4. The van der Waals surface area contributed by atoms with Gasteiger partial charge in [-0.15, -0.1) is 0 Å². The van der Waals surface area contributed by atoms with Gasteiger partial charge in [0.1, 0.15) is 0 Å². The Kier molecular flexibility index (Phi) is 5.88. The second-order valence-corrected chi connectivity index (χ2v) is 6.90. The Bertz CT molecular complexity index is 736. The van der Waals surface area contributed by atoms with Crippen LogP contribution in [0.1, 0.15) is 29.8 Å². The first-order valence-corrected chi connectivity index (χ1v) is 9.09. The topological polar surface area (TPSA) is 74.7 Å². The summed E-state index contributed by atoms with van der Waals surface area (Å²) in [5.74, 6) is -0.411. The summed E-state index contributed by atoms with van der Waals surface area (Å²) >= 11 is 0. The normalized spacial score (nSPS) is 11.6. The number of carbonyl (C=O) groups excluding carboxylic acids is 1. The number of carbonyl (C=O) groups is 1. The van der Waals surface area contributed by atoms with Crippen LogP contribution in [0.3, 0.4) is 0 Å². The fourth-order valence-electron chi connectivity index (χ4n) is 2.25. The molecule has 0 bridgehead atoms. The van der Waals surface area contributed by atoms with Crippen LogP contribution in [0.5, 0.6) is 0 Å². The first-order chi connectivity index (χ1) is 11.0. The number of benzene rings is 1. The molecule has 1 heterocycles. The minimum Gasteiger partial charge on any atom is -0.465 e. The van der Waals surface area contributed by atoms with E-state index >= 15 is 0 Å². The molecule has 2 aromatic rings. The molecule has 1 aromatic carbocycles. The van der Waals surface area contributed by atoms with Crippen molar-refractivity contribution in [3.8, 4) is 0 Å². The van der Waals surface area contributed by atoms with Crippen molar-refractivity contribution < 1.29 is 23.1 Å². The van der Waals surface area contributed by atoms with E-state index in [4.69, 9.17) is 13.8 Å². The molecule has 0 atom stereocenters. The van der Waals surface area contributed by atoms with E-state index in [9.17, 15) is 9.36 Å². The number of ether oxygens (including phenoxy) is 1.